The summed E-state index contributed by atoms with van der Waals surface area (Å²) in [6, 6.07) is 15.7. The first-order chi connectivity index (χ1) is 14.9. The molecule has 2 aromatic carbocycles. The van der Waals surface area contributed by atoms with Gasteiger partial charge in [0.1, 0.15) is 5.82 Å². The molecule has 160 valence electrons. The first-order valence-electron chi connectivity index (χ1n) is 10.1. The van der Waals surface area contributed by atoms with Gasteiger partial charge in [0.05, 0.1) is 5.03 Å². The Bertz CT molecular complexity index is 1130. The van der Waals surface area contributed by atoms with E-state index in [0.717, 1.165) is 38.4 Å². The third-order valence-electron chi connectivity index (χ3n) is 4.74. The van der Waals surface area contributed by atoms with Gasteiger partial charge in [-0.15, -0.1) is 0 Å². The SMILES string of the molecule is C/C=C(\S/C(N)=C/C)c1ccc2cnc(NC(=O)c3ccc(CN(C)C)cc3)cc2c1. The summed E-state index contributed by atoms with van der Waals surface area (Å²) in [7, 11) is 4.04. The van der Waals surface area contributed by atoms with Crippen LogP contribution in [0.4, 0.5) is 5.82 Å². The molecule has 3 aromatic rings. The predicted octanol–water partition coefficient (Wildman–Crippen LogP) is 5.46. The molecule has 0 unspecified atom stereocenters. The lowest BCUT2D eigenvalue weighted by Gasteiger charge is -2.11. The van der Waals surface area contributed by atoms with Crippen LogP contribution in [-0.2, 0) is 6.54 Å². The molecule has 1 heterocycles. The molecule has 1 amide bonds. The van der Waals surface area contributed by atoms with Crippen molar-refractivity contribution in [2.75, 3.05) is 19.4 Å². The highest BCUT2D eigenvalue weighted by Gasteiger charge is 2.09. The first-order valence-corrected chi connectivity index (χ1v) is 10.9. The van der Waals surface area contributed by atoms with E-state index in [4.69, 9.17) is 5.73 Å². The van der Waals surface area contributed by atoms with Crippen LogP contribution in [0.3, 0.4) is 0 Å². The number of fused-ring (bicyclic) bond motifs is 1. The molecule has 0 fully saturated rings. The van der Waals surface area contributed by atoms with Crippen molar-refractivity contribution >= 4 is 39.2 Å². The highest BCUT2D eigenvalue weighted by Crippen LogP contribution is 2.33. The topological polar surface area (TPSA) is 71.2 Å². The minimum Gasteiger partial charge on any atom is -0.394 e. The van der Waals surface area contributed by atoms with E-state index in [9.17, 15) is 4.79 Å². The normalized spacial score (nSPS) is 12.4. The van der Waals surface area contributed by atoms with Gasteiger partial charge in [-0.05, 0) is 68.7 Å². The second-order valence-electron chi connectivity index (χ2n) is 7.47. The number of anilines is 1. The van der Waals surface area contributed by atoms with Crippen molar-refractivity contribution in [2.45, 2.75) is 20.4 Å². The van der Waals surface area contributed by atoms with Crippen LogP contribution in [0.15, 0.2) is 71.9 Å². The average Bonchev–Trinajstić information content (AvgIpc) is 2.76. The van der Waals surface area contributed by atoms with E-state index in [0.29, 0.717) is 11.4 Å². The lowest BCUT2D eigenvalue weighted by atomic mass is 10.1. The molecule has 0 aliphatic heterocycles. The minimum atomic E-state index is -0.176. The van der Waals surface area contributed by atoms with Gasteiger partial charge < -0.3 is 16.0 Å². The monoisotopic (exact) mass is 432 g/mol. The minimum absolute atomic E-state index is 0.176. The quantitative estimate of drug-likeness (QED) is 0.518. The maximum absolute atomic E-state index is 12.7. The molecule has 0 aliphatic rings. The molecule has 5 nitrogen and oxygen atoms in total. The number of nitrogens with zero attached hydrogens (tertiary/aromatic N) is 2. The third kappa shape index (κ3) is 5.96. The van der Waals surface area contributed by atoms with Crippen molar-refractivity contribution in [3.05, 3.63) is 88.6 Å². The van der Waals surface area contributed by atoms with Crippen molar-refractivity contribution in [1.82, 2.24) is 9.88 Å². The first kappa shape index (κ1) is 22.6. The fourth-order valence-electron chi connectivity index (χ4n) is 3.15. The standard InChI is InChI=1S/C25H28N4OS/c1-5-22(31-23(26)6-2)19-11-12-20-15-27-24(14-21(20)13-19)28-25(30)18-9-7-17(8-10-18)16-29(3)4/h5-15H,16,26H2,1-4H3,(H,27,28,30)/b22-5-,23-6+. The van der Waals surface area contributed by atoms with Gasteiger partial charge in [-0.3, -0.25) is 4.79 Å². The summed E-state index contributed by atoms with van der Waals surface area (Å²) < 4.78 is 0. The van der Waals surface area contributed by atoms with E-state index in [1.807, 2.05) is 76.5 Å². The number of hydrogen-bond donors (Lipinski definition) is 2. The number of nitrogens with one attached hydrogen (secondary N) is 1. The fourth-order valence-corrected chi connectivity index (χ4v) is 3.88. The Kier molecular flexibility index (Phi) is 7.50. The number of rotatable bonds is 7. The zero-order chi connectivity index (χ0) is 22.4. The van der Waals surface area contributed by atoms with Crippen LogP contribution in [0.1, 0.15) is 35.3 Å². The Balaban J connectivity index is 1.80. The number of thioether (sulfide) groups is 1. The molecule has 0 spiro atoms. The number of amides is 1. The summed E-state index contributed by atoms with van der Waals surface area (Å²) in [5.74, 6) is 0.347. The second kappa shape index (κ2) is 10.3. The molecular weight excluding hydrogens is 404 g/mol. The Morgan fingerprint density at radius 2 is 1.74 bits per heavy atom. The molecule has 3 rings (SSSR count). The van der Waals surface area contributed by atoms with Gasteiger partial charge in [0.15, 0.2) is 0 Å². The van der Waals surface area contributed by atoms with Gasteiger partial charge in [0, 0.05) is 28.6 Å². The molecule has 0 atom stereocenters. The van der Waals surface area contributed by atoms with Crippen molar-refractivity contribution < 1.29 is 4.79 Å². The third-order valence-corrected chi connectivity index (χ3v) is 5.90. The number of carbonyl (C=O) groups is 1. The molecule has 1 aromatic heterocycles. The zero-order valence-corrected chi connectivity index (χ0v) is 19.2. The summed E-state index contributed by atoms with van der Waals surface area (Å²) in [6.07, 6.45) is 5.71. The average molecular weight is 433 g/mol. The van der Waals surface area contributed by atoms with Crippen molar-refractivity contribution in [3.63, 3.8) is 0 Å². The van der Waals surface area contributed by atoms with Crippen molar-refractivity contribution in [2.24, 2.45) is 5.73 Å². The molecule has 0 aliphatic carbocycles. The smallest absolute Gasteiger partial charge is 0.256 e. The van der Waals surface area contributed by atoms with E-state index < -0.39 is 0 Å². The summed E-state index contributed by atoms with van der Waals surface area (Å²) >= 11 is 1.53. The van der Waals surface area contributed by atoms with E-state index in [2.05, 4.69) is 27.3 Å². The predicted molar refractivity (Wildman–Crippen MR) is 133 cm³/mol. The largest absolute Gasteiger partial charge is 0.394 e. The molecule has 0 radical (unpaired) electrons. The van der Waals surface area contributed by atoms with E-state index in [-0.39, 0.29) is 5.91 Å². The number of hydrogen-bond acceptors (Lipinski definition) is 5. The van der Waals surface area contributed by atoms with Crippen LogP contribution in [-0.4, -0.2) is 29.9 Å². The lowest BCUT2D eigenvalue weighted by Crippen LogP contribution is -2.14. The number of benzene rings is 2. The maximum atomic E-state index is 12.7. The number of aromatic nitrogens is 1. The molecule has 0 saturated heterocycles. The van der Waals surface area contributed by atoms with Gasteiger partial charge in [0.2, 0.25) is 0 Å². The van der Waals surface area contributed by atoms with Crippen molar-refractivity contribution in [1.29, 1.82) is 0 Å². The number of carbonyl (C=O) groups excluding carboxylic acids is 1. The van der Waals surface area contributed by atoms with Gasteiger partial charge in [-0.1, -0.05) is 48.2 Å². The van der Waals surface area contributed by atoms with Gasteiger partial charge in [-0.2, -0.15) is 0 Å². The van der Waals surface area contributed by atoms with E-state index in [1.54, 1.807) is 6.20 Å². The van der Waals surface area contributed by atoms with E-state index in [1.165, 1.54) is 11.8 Å². The number of allylic oxidation sites excluding steroid dienone is 2. The van der Waals surface area contributed by atoms with Gasteiger partial charge >= 0.3 is 0 Å². The van der Waals surface area contributed by atoms with Crippen molar-refractivity contribution in [3.8, 4) is 0 Å². The van der Waals surface area contributed by atoms with E-state index >= 15 is 0 Å². The van der Waals surface area contributed by atoms with Crippen LogP contribution >= 0.6 is 11.8 Å². The molecular formula is C25H28N4OS. The second-order valence-corrected chi connectivity index (χ2v) is 8.58. The van der Waals surface area contributed by atoms with Crippen LogP contribution < -0.4 is 11.1 Å². The van der Waals surface area contributed by atoms with Crippen LogP contribution in [0.25, 0.3) is 15.7 Å². The zero-order valence-electron chi connectivity index (χ0n) is 18.3. The molecule has 6 heteroatoms. The van der Waals surface area contributed by atoms with Crippen LogP contribution in [0.5, 0.6) is 0 Å². The number of pyridine rings is 1. The van der Waals surface area contributed by atoms with Crippen LogP contribution in [0.2, 0.25) is 0 Å². The lowest BCUT2D eigenvalue weighted by molar-refractivity contribution is 0.102. The molecule has 0 saturated carbocycles. The number of nitrogens with two attached hydrogens (primary N) is 1. The van der Waals surface area contributed by atoms with Crippen LogP contribution in [0, 0.1) is 0 Å². The Morgan fingerprint density at radius 3 is 2.39 bits per heavy atom. The Labute approximate surface area is 188 Å². The Hall–Kier alpha value is -3.09. The fraction of sp³-hybridized carbons (Fsp3) is 0.200. The van der Waals surface area contributed by atoms with Gasteiger partial charge in [-0.25, -0.2) is 4.98 Å². The molecule has 31 heavy (non-hydrogen) atoms. The molecule has 0 bridgehead atoms. The molecule has 3 N–H and O–H groups in total. The summed E-state index contributed by atoms with van der Waals surface area (Å²) in [6.45, 7) is 4.76. The summed E-state index contributed by atoms with van der Waals surface area (Å²) in [5.41, 5.74) is 8.83. The summed E-state index contributed by atoms with van der Waals surface area (Å²) in [5, 5.41) is 5.67. The highest BCUT2D eigenvalue weighted by molar-refractivity contribution is 8.11. The highest BCUT2D eigenvalue weighted by atomic mass is 32.2. The summed E-state index contributed by atoms with van der Waals surface area (Å²) in [4.78, 5) is 20.2. The van der Waals surface area contributed by atoms with Gasteiger partial charge in [0.25, 0.3) is 5.91 Å². The Morgan fingerprint density at radius 1 is 1.03 bits per heavy atom. The maximum Gasteiger partial charge on any atom is 0.256 e.